The summed E-state index contributed by atoms with van der Waals surface area (Å²) < 4.78 is 0. The Kier molecular flexibility index (Phi) is 3.29. The first-order valence-electron chi connectivity index (χ1n) is 7.34. The van der Waals surface area contributed by atoms with Crippen molar-refractivity contribution in [1.82, 2.24) is 4.90 Å². The van der Waals surface area contributed by atoms with Gasteiger partial charge in [0.05, 0.1) is 0 Å². The summed E-state index contributed by atoms with van der Waals surface area (Å²) in [5.74, 6) is 0.837. The van der Waals surface area contributed by atoms with Crippen LogP contribution in [0.15, 0.2) is 18.2 Å². The third-order valence-electron chi connectivity index (χ3n) is 4.81. The molecule has 2 atom stereocenters. The monoisotopic (exact) mass is 244 g/mol. The van der Waals surface area contributed by atoms with Gasteiger partial charge in [0.1, 0.15) is 0 Å². The van der Waals surface area contributed by atoms with Crippen molar-refractivity contribution in [2.24, 2.45) is 5.92 Å². The second-order valence-corrected chi connectivity index (χ2v) is 5.96. The van der Waals surface area contributed by atoms with E-state index in [0.29, 0.717) is 0 Å². The topological polar surface area (TPSA) is 15.3 Å². The summed E-state index contributed by atoms with van der Waals surface area (Å²) in [5.41, 5.74) is 4.42. The molecule has 2 heteroatoms. The minimum absolute atomic E-state index is 0.719. The molecule has 2 aliphatic rings. The highest BCUT2D eigenvalue weighted by Crippen LogP contribution is 2.30. The number of para-hydroxylation sites is 1. The van der Waals surface area contributed by atoms with E-state index in [4.69, 9.17) is 0 Å². The van der Waals surface area contributed by atoms with Crippen molar-refractivity contribution >= 4 is 5.69 Å². The predicted octanol–water partition coefficient (Wildman–Crippen LogP) is 3.28. The second-order valence-electron chi connectivity index (χ2n) is 5.96. The van der Waals surface area contributed by atoms with Gasteiger partial charge in [0.25, 0.3) is 0 Å². The van der Waals surface area contributed by atoms with Crippen LogP contribution in [-0.4, -0.2) is 24.0 Å². The lowest BCUT2D eigenvalue weighted by atomic mass is 9.91. The van der Waals surface area contributed by atoms with E-state index in [-0.39, 0.29) is 0 Å². The van der Waals surface area contributed by atoms with E-state index < -0.39 is 0 Å². The first-order valence-corrected chi connectivity index (χ1v) is 7.34. The number of nitrogens with one attached hydrogen (secondary N) is 1. The van der Waals surface area contributed by atoms with Gasteiger partial charge < -0.3 is 5.32 Å². The van der Waals surface area contributed by atoms with Crippen molar-refractivity contribution in [3.8, 4) is 0 Å². The molecule has 0 aliphatic carbocycles. The Morgan fingerprint density at radius 2 is 2.22 bits per heavy atom. The average molecular weight is 244 g/mol. The lowest BCUT2D eigenvalue weighted by Crippen LogP contribution is -2.41. The van der Waals surface area contributed by atoms with Gasteiger partial charge in [-0.05, 0) is 49.8 Å². The zero-order valence-corrected chi connectivity index (χ0v) is 11.6. The molecular weight excluding hydrogens is 220 g/mol. The number of hydrogen-bond donors (Lipinski definition) is 1. The van der Waals surface area contributed by atoms with E-state index in [2.05, 4.69) is 42.3 Å². The Morgan fingerprint density at radius 3 is 3.11 bits per heavy atom. The summed E-state index contributed by atoms with van der Waals surface area (Å²) in [6.45, 7) is 8.26. The van der Waals surface area contributed by atoms with Crippen molar-refractivity contribution in [3.63, 3.8) is 0 Å². The third kappa shape index (κ3) is 2.14. The normalized spacial score (nSPS) is 27.9. The lowest BCUT2D eigenvalue weighted by Gasteiger charge is -2.38. The van der Waals surface area contributed by atoms with Crippen LogP contribution in [0.2, 0.25) is 0 Å². The van der Waals surface area contributed by atoms with Crippen molar-refractivity contribution in [1.29, 1.82) is 0 Å². The molecule has 1 aromatic rings. The fraction of sp³-hybridized carbons (Fsp3) is 0.625. The molecule has 2 nitrogen and oxygen atoms in total. The molecule has 1 saturated heterocycles. The maximum absolute atomic E-state index is 3.56. The second kappa shape index (κ2) is 4.93. The molecule has 2 heterocycles. The molecule has 2 aliphatic heterocycles. The Labute approximate surface area is 110 Å². The van der Waals surface area contributed by atoms with Crippen LogP contribution in [-0.2, 0) is 13.0 Å². The zero-order valence-electron chi connectivity index (χ0n) is 11.6. The molecule has 0 aromatic heterocycles. The van der Waals surface area contributed by atoms with Gasteiger partial charge in [-0.3, -0.25) is 4.90 Å². The van der Waals surface area contributed by atoms with Gasteiger partial charge in [-0.2, -0.15) is 0 Å². The summed E-state index contributed by atoms with van der Waals surface area (Å²) >= 11 is 0. The van der Waals surface area contributed by atoms with Crippen molar-refractivity contribution < 1.29 is 0 Å². The molecule has 0 bridgehead atoms. The van der Waals surface area contributed by atoms with E-state index in [9.17, 15) is 0 Å². The number of benzene rings is 1. The van der Waals surface area contributed by atoms with E-state index >= 15 is 0 Å². The van der Waals surface area contributed by atoms with Crippen molar-refractivity contribution in [3.05, 3.63) is 29.3 Å². The lowest BCUT2D eigenvalue weighted by molar-refractivity contribution is 0.107. The number of fused-ring (bicyclic) bond motifs is 1. The molecule has 0 saturated carbocycles. The van der Waals surface area contributed by atoms with Crippen LogP contribution in [0, 0.1) is 5.92 Å². The quantitative estimate of drug-likeness (QED) is 0.859. The van der Waals surface area contributed by atoms with Gasteiger partial charge in [0.15, 0.2) is 0 Å². The van der Waals surface area contributed by atoms with Gasteiger partial charge in [0.2, 0.25) is 0 Å². The van der Waals surface area contributed by atoms with E-state index in [1.54, 1.807) is 0 Å². The van der Waals surface area contributed by atoms with E-state index in [0.717, 1.165) is 25.0 Å². The largest absolute Gasteiger partial charge is 0.384 e. The maximum Gasteiger partial charge on any atom is 0.0419 e. The summed E-state index contributed by atoms with van der Waals surface area (Å²) in [6, 6.07) is 7.50. The number of nitrogens with zero attached hydrogens (tertiary/aromatic N) is 1. The average Bonchev–Trinajstić information content (AvgIpc) is 2.84. The molecule has 98 valence electrons. The van der Waals surface area contributed by atoms with Crippen LogP contribution >= 0.6 is 0 Å². The highest BCUT2D eigenvalue weighted by Gasteiger charge is 2.25. The van der Waals surface area contributed by atoms with Crippen LogP contribution in [0.3, 0.4) is 0 Å². The molecule has 2 unspecified atom stereocenters. The summed E-state index contributed by atoms with van der Waals surface area (Å²) in [5, 5.41) is 3.56. The fourth-order valence-corrected chi connectivity index (χ4v) is 3.41. The Hall–Kier alpha value is -1.02. The van der Waals surface area contributed by atoms with Gasteiger partial charge in [-0.25, -0.2) is 0 Å². The fourth-order valence-electron chi connectivity index (χ4n) is 3.41. The Balaban J connectivity index is 1.78. The first-order chi connectivity index (χ1) is 8.75. The summed E-state index contributed by atoms with van der Waals surface area (Å²) in [4.78, 5) is 2.66. The van der Waals surface area contributed by atoms with Gasteiger partial charge >= 0.3 is 0 Å². The first kappa shape index (κ1) is 12.0. The van der Waals surface area contributed by atoms with Crippen LogP contribution in [0.5, 0.6) is 0 Å². The van der Waals surface area contributed by atoms with Gasteiger partial charge in [0, 0.05) is 24.8 Å². The SMILES string of the molecule is CC1CCCN(Cc2cccc3c2NCC3)C1C. The number of anilines is 1. The van der Waals surface area contributed by atoms with Crippen LogP contribution in [0.25, 0.3) is 0 Å². The molecule has 3 rings (SSSR count). The van der Waals surface area contributed by atoms with Gasteiger partial charge in [-0.1, -0.05) is 25.1 Å². The smallest absolute Gasteiger partial charge is 0.0419 e. The minimum atomic E-state index is 0.719. The van der Waals surface area contributed by atoms with Crippen LogP contribution in [0.1, 0.15) is 37.8 Å². The highest BCUT2D eigenvalue weighted by atomic mass is 15.2. The number of piperidine rings is 1. The Morgan fingerprint density at radius 1 is 1.33 bits per heavy atom. The molecule has 0 amide bonds. The molecule has 18 heavy (non-hydrogen) atoms. The molecule has 0 spiro atoms. The summed E-state index contributed by atoms with van der Waals surface area (Å²) in [6.07, 6.45) is 3.94. The van der Waals surface area contributed by atoms with E-state index in [1.807, 2.05) is 0 Å². The standard InChI is InChI=1S/C16H24N2/c1-12-5-4-10-18(13(12)2)11-15-7-3-6-14-8-9-17-16(14)15/h3,6-7,12-13,17H,4-5,8-11H2,1-2H3. The molecule has 1 fully saturated rings. The minimum Gasteiger partial charge on any atom is -0.384 e. The number of likely N-dealkylation sites (tertiary alicyclic amines) is 1. The third-order valence-corrected chi connectivity index (χ3v) is 4.81. The van der Waals surface area contributed by atoms with Crippen molar-refractivity contribution in [2.45, 2.75) is 45.7 Å². The predicted molar refractivity (Wildman–Crippen MR) is 76.9 cm³/mol. The maximum atomic E-state index is 3.56. The van der Waals surface area contributed by atoms with Crippen molar-refractivity contribution in [2.75, 3.05) is 18.4 Å². The number of hydrogen-bond acceptors (Lipinski definition) is 2. The van der Waals surface area contributed by atoms with Crippen LogP contribution < -0.4 is 5.32 Å². The highest BCUT2D eigenvalue weighted by molar-refractivity contribution is 5.61. The molecular formula is C16H24N2. The summed E-state index contributed by atoms with van der Waals surface area (Å²) in [7, 11) is 0. The molecule has 1 aromatic carbocycles. The van der Waals surface area contributed by atoms with Gasteiger partial charge in [-0.15, -0.1) is 0 Å². The number of rotatable bonds is 2. The Bertz CT molecular complexity index is 427. The molecule has 1 N–H and O–H groups in total. The van der Waals surface area contributed by atoms with Crippen LogP contribution in [0.4, 0.5) is 5.69 Å². The zero-order chi connectivity index (χ0) is 12.5. The molecule has 0 radical (unpaired) electrons. The van der Waals surface area contributed by atoms with E-state index in [1.165, 1.54) is 42.6 Å².